The first-order valence-electron chi connectivity index (χ1n) is 11.7. The summed E-state index contributed by atoms with van der Waals surface area (Å²) in [6, 6.07) is 10.7. The van der Waals surface area contributed by atoms with Crippen LogP contribution in [0.25, 0.3) is 0 Å². The zero-order valence-corrected chi connectivity index (χ0v) is 19.5. The van der Waals surface area contributed by atoms with Crippen LogP contribution in [-0.4, -0.2) is 65.4 Å². The number of carbonyl (C=O) groups excluding carboxylic acids is 2. The molecule has 1 atom stereocenters. The summed E-state index contributed by atoms with van der Waals surface area (Å²) < 4.78 is 5.61. The van der Waals surface area contributed by atoms with Gasteiger partial charge in [-0.25, -0.2) is 0 Å². The second kappa shape index (κ2) is 11.5. The van der Waals surface area contributed by atoms with Crippen LogP contribution in [0.2, 0.25) is 5.02 Å². The van der Waals surface area contributed by atoms with Crippen LogP contribution in [0.5, 0.6) is 5.75 Å². The van der Waals surface area contributed by atoms with Gasteiger partial charge in [0.15, 0.2) is 6.61 Å². The van der Waals surface area contributed by atoms with E-state index in [9.17, 15) is 9.59 Å². The topological polar surface area (TPSA) is 74.8 Å². The molecule has 33 heavy (non-hydrogen) atoms. The third-order valence-electron chi connectivity index (χ3n) is 6.57. The second-order valence-corrected chi connectivity index (χ2v) is 9.16. The predicted octanol–water partition coefficient (Wildman–Crippen LogP) is 3.13. The van der Waals surface area contributed by atoms with Gasteiger partial charge in [-0.15, -0.1) is 0 Å². The number of piperazine rings is 1. The maximum atomic E-state index is 13.2. The van der Waals surface area contributed by atoms with Gasteiger partial charge in [-0.2, -0.15) is 0 Å². The summed E-state index contributed by atoms with van der Waals surface area (Å²) in [5, 5.41) is 3.76. The van der Waals surface area contributed by atoms with E-state index in [2.05, 4.69) is 15.2 Å². The van der Waals surface area contributed by atoms with Crippen LogP contribution in [-0.2, 0) is 16.1 Å². The highest BCUT2D eigenvalue weighted by Gasteiger charge is 2.37. The lowest BCUT2D eigenvalue weighted by molar-refractivity contribution is -0.137. The third kappa shape index (κ3) is 6.45. The molecule has 2 aromatic rings. The van der Waals surface area contributed by atoms with Crippen molar-refractivity contribution in [1.29, 1.82) is 0 Å². The molecule has 4 rings (SSSR count). The van der Waals surface area contributed by atoms with E-state index in [4.69, 9.17) is 16.3 Å². The summed E-state index contributed by atoms with van der Waals surface area (Å²) in [5.74, 6) is 1.05. The van der Waals surface area contributed by atoms with Gasteiger partial charge in [0.1, 0.15) is 5.75 Å². The summed E-state index contributed by atoms with van der Waals surface area (Å²) in [7, 11) is 0. The maximum absolute atomic E-state index is 13.2. The maximum Gasteiger partial charge on any atom is 0.260 e. The number of amides is 2. The van der Waals surface area contributed by atoms with Crippen molar-refractivity contribution in [1.82, 2.24) is 20.1 Å². The van der Waals surface area contributed by atoms with E-state index in [0.717, 1.165) is 18.4 Å². The van der Waals surface area contributed by atoms with Gasteiger partial charge in [0.25, 0.3) is 5.91 Å². The molecule has 1 N–H and O–H groups in total. The molecular weight excluding hydrogens is 440 g/mol. The summed E-state index contributed by atoms with van der Waals surface area (Å²) in [5.41, 5.74) is 1.04. The minimum Gasteiger partial charge on any atom is -0.484 e. The summed E-state index contributed by atoms with van der Waals surface area (Å²) in [6.45, 7) is 3.09. The molecule has 0 radical (unpaired) electrons. The molecule has 1 saturated carbocycles. The highest BCUT2D eigenvalue weighted by Crippen LogP contribution is 2.31. The van der Waals surface area contributed by atoms with Gasteiger partial charge in [0.2, 0.25) is 5.91 Å². The summed E-state index contributed by atoms with van der Waals surface area (Å²) in [4.78, 5) is 34.0. The van der Waals surface area contributed by atoms with Crippen molar-refractivity contribution >= 4 is 23.4 Å². The standard InChI is InChI=1S/C25H31ClN4O3/c26-21-5-7-22(8-6-21)33-18-23(31)29-13-15-30(16-14-29)24(20-3-1-2-4-20)25(32)28-17-19-9-11-27-12-10-19/h5-12,20,24H,1-4,13-18H2,(H,28,32). The van der Waals surface area contributed by atoms with Crippen molar-refractivity contribution in [2.45, 2.75) is 38.3 Å². The summed E-state index contributed by atoms with van der Waals surface area (Å²) in [6.07, 6.45) is 8.01. The number of halogens is 1. The second-order valence-electron chi connectivity index (χ2n) is 8.72. The van der Waals surface area contributed by atoms with Gasteiger partial charge < -0.3 is 15.0 Å². The number of nitrogens with one attached hydrogen (secondary N) is 1. The number of ether oxygens (including phenoxy) is 1. The van der Waals surface area contributed by atoms with Crippen molar-refractivity contribution < 1.29 is 14.3 Å². The van der Waals surface area contributed by atoms with Crippen LogP contribution in [0, 0.1) is 5.92 Å². The molecule has 0 bridgehead atoms. The zero-order valence-electron chi connectivity index (χ0n) is 18.8. The van der Waals surface area contributed by atoms with E-state index in [1.165, 1.54) is 12.8 Å². The third-order valence-corrected chi connectivity index (χ3v) is 6.82. The van der Waals surface area contributed by atoms with Gasteiger partial charge in [-0.3, -0.25) is 19.5 Å². The van der Waals surface area contributed by atoms with E-state index in [0.29, 0.717) is 49.4 Å². The number of aromatic nitrogens is 1. The molecule has 2 heterocycles. The Morgan fingerprint density at radius 1 is 1.03 bits per heavy atom. The number of benzene rings is 1. The van der Waals surface area contributed by atoms with Crippen molar-refractivity contribution in [2.24, 2.45) is 5.92 Å². The number of hydrogen-bond donors (Lipinski definition) is 1. The molecular formula is C25H31ClN4O3. The molecule has 1 saturated heterocycles. The molecule has 2 aliphatic rings. The Morgan fingerprint density at radius 3 is 2.36 bits per heavy atom. The molecule has 1 aromatic heterocycles. The van der Waals surface area contributed by atoms with Crippen molar-refractivity contribution in [3.05, 3.63) is 59.4 Å². The minimum atomic E-state index is -0.142. The molecule has 7 nitrogen and oxygen atoms in total. The van der Waals surface area contributed by atoms with Crippen LogP contribution >= 0.6 is 11.6 Å². The number of nitrogens with zero attached hydrogens (tertiary/aromatic N) is 3. The Morgan fingerprint density at radius 2 is 1.70 bits per heavy atom. The van der Waals surface area contributed by atoms with Crippen LogP contribution in [0.1, 0.15) is 31.2 Å². The van der Waals surface area contributed by atoms with E-state index in [1.807, 2.05) is 17.0 Å². The smallest absolute Gasteiger partial charge is 0.260 e. The number of hydrogen-bond acceptors (Lipinski definition) is 5. The number of pyridine rings is 1. The molecule has 8 heteroatoms. The Hall–Kier alpha value is -2.64. The molecule has 2 amide bonds. The van der Waals surface area contributed by atoms with E-state index >= 15 is 0 Å². The highest BCUT2D eigenvalue weighted by molar-refractivity contribution is 6.30. The predicted molar refractivity (Wildman–Crippen MR) is 127 cm³/mol. The molecule has 176 valence electrons. The first-order valence-corrected chi connectivity index (χ1v) is 12.0. The SMILES string of the molecule is O=C(NCc1ccncc1)C(C1CCCC1)N1CCN(C(=O)COc2ccc(Cl)cc2)CC1. The Kier molecular flexibility index (Phi) is 8.18. The largest absolute Gasteiger partial charge is 0.484 e. The summed E-state index contributed by atoms with van der Waals surface area (Å²) >= 11 is 5.89. The number of rotatable bonds is 8. The molecule has 0 spiro atoms. The highest BCUT2D eigenvalue weighted by atomic mass is 35.5. The fourth-order valence-corrected chi connectivity index (χ4v) is 4.89. The van der Waals surface area contributed by atoms with Crippen molar-refractivity contribution in [3.8, 4) is 5.75 Å². The Bertz CT molecular complexity index is 911. The first kappa shape index (κ1) is 23.5. The molecule has 1 unspecified atom stereocenters. The van der Waals surface area contributed by atoms with Gasteiger partial charge in [-0.1, -0.05) is 24.4 Å². The molecule has 1 aliphatic carbocycles. The lowest BCUT2D eigenvalue weighted by Gasteiger charge is -2.40. The van der Waals surface area contributed by atoms with Crippen LogP contribution in [0.3, 0.4) is 0 Å². The van der Waals surface area contributed by atoms with Gasteiger partial charge in [0, 0.05) is 50.1 Å². The lowest BCUT2D eigenvalue weighted by atomic mass is 9.95. The Balaban J connectivity index is 1.30. The number of carbonyl (C=O) groups is 2. The normalized spacial score (nSPS) is 18.2. The van der Waals surface area contributed by atoms with Gasteiger partial charge in [0.05, 0.1) is 6.04 Å². The lowest BCUT2D eigenvalue weighted by Crippen LogP contribution is -2.58. The fraction of sp³-hybridized carbons (Fsp3) is 0.480. The monoisotopic (exact) mass is 470 g/mol. The minimum absolute atomic E-state index is 0.000104. The van der Waals surface area contributed by atoms with Crippen LogP contribution in [0.4, 0.5) is 0 Å². The van der Waals surface area contributed by atoms with Gasteiger partial charge in [-0.05, 0) is 60.7 Å². The van der Waals surface area contributed by atoms with Crippen molar-refractivity contribution in [2.75, 3.05) is 32.8 Å². The first-order chi connectivity index (χ1) is 16.1. The zero-order chi connectivity index (χ0) is 23.0. The van der Waals surface area contributed by atoms with E-state index in [-0.39, 0.29) is 24.5 Å². The quantitative estimate of drug-likeness (QED) is 0.641. The molecule has 1 aromatic carbocycles. The van der Waals surface area contributed by atoms with E-state index in [1.54, 1.807) is 36.7 Å². The van der Waals surface area contributed by atoms with Crippen LogP contribution < -0.4 is 10.1 Å². The molecule has 2 fully saturated rings. The molecule has 1 aliphatic heterocycles. The van der Waals surface area contributed by atoms with Gasteiger partial charge >= 0.3 is 0 Å². The average Bonchev–Trinajstić information content (AvgIpc) is 3.38. The van der Waals surface area contributed by atoms with Crippen molar-refractivity contribution in [3.63, 3.8) is 0 Å². The van der Waals surface area contributed by atoms with Crippen LogP contribution in [0.15, 0.2) is 48.8 Å². The van der Waals surface area contributed by atoms with E-state index < -0.39 is 0 Å². The Labute approximate surface area is 200 Å². The fourth-order valence-electron chi connectivity index (χ4n) is 4.76. The average molecular weight is 471 g/mol.